The first-order valence-electron chi connectivity index (χ1n) is 8.06. The molecule has 4 aromatic heterocycles. The molecule has 4 aromatic rings. The highest BCUT2D eigenvalue weighted by Crippen LogP contribution is 2.34. The number of hydrogen-bond donors (Lipinski definition) is 2. The van der Waals surface area contributed by atoms with E-state index in [1.807, 2.05) is 17.5 Å². The van der Waals surface area contributed by atoms with E-state index in [-0.39, 0.29) is 11.6 Å². The number of H-pyrrole nitrogens is 1. The second kappa shape index (κ2) is 6.59. The van der Waals surface area contributed by atoms with Gasteiger partial charge in [0.05, 0.1) is 11.6 Å². The van der Waals surface area contributed by atoms with Crippen molar-refractivity contribution in [1.82, 2.24) is 9.97 Å². The van der Waals surface area contributed by atoms with E-state index in [9.17, 15) is 4.79 Å². The van der Waals surface area contributed by atoms with Crippen LogP contribution in [0.1, 0.15) is 29.4 Å². The summed E-state index contributed by atoms with van der Waals surface area (Å²) in [6.07, 6.45) is 1.67. The molecule has 0 bridgehead atoms. The number of thiophene rings is 2. The number of rotatable bonds is 5. The summed E-state index contributed by atoms with van der Waals surface area (Å²) in [5.74, 6) is 1.60. The molecule has 0 amide bonds. The molecule has 128 valence electrons. The number of hydrogen-bond acceptors (Lipinski definition) is 5. The number of aromatic nitrogens is 2. The minimum Gasteiger partial charge on any atom is -0.463 e. The second-order valence-electron chi connectivity index (χ2n) is 6.00. The van der Waals surface area contributed by atoms with Gasteiger partial charge >= 0.3 is 0 Å². The highest BCUT2D eigenvalue weighted by atomic mass is 32.1. The summed E-state index contributed by atoms with van der Waals surface area (Å²) >= 11 is 3.22. The average Bonchev–Trinajstić information content (AvgIpc) is 3.32. The number of aromatic amines is 1. The summed E-state index contributed by atoms with van der Waals surface area (Å²) < 4.78 is 5.41. The Labute approximate surface area is 152 Å². The van der Waals surface area contributed by atoms with Gasteiger partial charge in [-0.1, -0.05) is 0 Å². The first-order valence-corrected chi connectivity index (χ1v) is 9.75. The molecule has 0 saturated carbocycles. The highest BCUT2D eigenvalue weighted by molar-refractivity contribution is 7.19. The number of fused-ring (bicyclic) bond motifs is 1. The number of furan rings is 1. The molecule has 0 fully saturated rings. The van der Waals surface area contributed by atoms with E-state index in [0.717, 1.165) is 21.0 Å². The molecule has 0 aromatic carbocycles. The maximum Gasteiger partial charge on any atom is 0.260 e. The zero-order valence-corrected chi connectivity index (χ0v) is 15.5. The summed E-state index contributed by atoms with van der Waals surface area (Å²) in [7, 11) is 0. The highest BCUT2D eigenvalue weighted by Gasteiger charge is 2.16. The van der Waals surface area contributed by atoms with Crippen molar-refractivity contribution in [3.63, 3.8) is 0 Å². The van der Waals surface area contributed by atoms with Crippen LogP contribution in [0.4, 0.5) is 0 Å². The van der Waals surface area contributed by atoms with Crippen LogP contribution in [0.5, 0.6) is 0 Å². The Kier molecular flexibility index (Phi) is 4.29. The molecule has 1 atom stereocenters. The molecular formula is C18H18N3O2S2+. The third kappa shape index (κ3) is 3.18. The monoisotopic (exact) mass is 372 g/mol. The number of aryl methyl sites for hydroxylation is 1. The Balaban J connectivity index is 1.61. The Morgan fingerprint density at radius 2 is 2.24 bits per heavy atom. The number of nitrogens with two attached hydrogens (primary N) is 1. The van der Waals surface area contributed by atoms with Crippen LogP contribution in [0.2, 0.25) is 0 Å². The van der Waals surface area contributed by atoms with E-state index in [2.05, 4.69) is 41.3 Å². The molecule has 0 saturated heterocycles. The van der Waals surface area contributed by atoms with Crippen molar-refractivity contribution in [3.05, 3.63) is 62.7 Å². The van der Waals surface area contributed by atoms with Gasteiger partial charge in [-0.2, -0.15) is 0 Å². The predicted octanol–water partition coefficient (Wildman–Crippen LogP) is 3.44. The van der Waals surface area contributed by atoms with Gasteiger partial charge in [0.2, 0.25) is 0 Å². The summed E-state index contributed by atoms with van der Waals surface area (Å²) in [5.41, 5.74) is 0.910. The van der Waals surface area contributed by atoms with Crippen LogP contribution in [0.3, 0.4) is 0 Å². The van der Waals surface area contributed by atoms with Crippen molar-refractivity contribution in [2.45, 2.75) is 26.4 Å². The lowest BCUT2D eigenvalue weighted by Crippen LogP contribution is -2.83. The molecule has 4 rings (SSSR count). The molecule has 25 heavy (non-hydrogen) atoms. The molecular weight excluding hydrogens is 354 g/mol. The van der Waals surface area contributed by atoms with Crippen LogP contribution in [0, 0.1) is 6.92 Å². The van der Waals surface area contributed by atoms with Crippen molar-refractivity contribution in [2.24, 2.45) is 0 Å². The molecule has 4 heterocycles. The lowest BCUT2D eigenvalue weighted by Gasteiger charge is -2.07. The number of quaternary nitrogens is 1. The standard InChI is InChI=1S/C18H17N3O2S2/c1-10-5-6-14(25-10)12-9-24-18-16(12)17(22)20-15(21-18)8-19-11(2)13-4-3-7-23-13/h3-7,9,11,19H,8H2,1-2H3,(H,20,21,22)/p+1/t11-/m1/s1. The van der Waals surface area contributed by atoms with Gasteiger partial charge in [-0.15, -0.1) is 22.7 Å². The van der Waals surface area contributed by atoms with Crippen molar-refractivity contribution < 1.29 is 9.73 Å². The second-order valence-corrected chi connectivity index (χ2v) is 8.14. The van der Waals surface area contributed by atoms with Gasteiger partial charge in [-0.3, -0.25) is 4.79 Å². The molecule has 0 aliphatic rings. The fraction of sp³-hybridized carbons (Fsp3) is 0.222. The summed E-state index contributed by atoms with van der Waals surface area (Å²) in [4.78, 5) is 23.3. The van der Waals surface area contributed by atoms with E-state index in [1.165, 1.54) is 16.2 Å². The summed E-state index contributed by atoms with van der Waals surface area (Å²) in [6, 6.07) is 8.14. The van der Waals surface area contributed by atoms with Crippen LogP contribution in [-0.2, 0) is 6.54 Å². The minimum absolute atomic E-state index is 0.0682. The van der Waals surface area contributed by atoms with E-state index >= 15 is 0 Å². The van der Waals surface area contributed by atoms with Crippen LogP contribution >= 0.6 is 22.7 Å². The number of nitrogens with zero attached hydrogens (tertiary/aromatic N) is 1. The molecule has 0 spiro atoms. The van der Waals surface area contributed by atoms with E-state index in [4.69, 9.17) is 4.42 Å². The average molecular weight is 372 g/mol. The fourth-order valence-corrected chi connectivity index (χ4v) is 4.73. The quantitative estimate of drug-likeness (QED) is 0.563. The third-order valence-corrected chi connectivity index (χ3v) is 6.06. The van der Waals surface area contributed by atoms with Crippen molar-refractivity contribution in [2.75, 3.05) is 0 Å². The van der Waals surface area contributed by atoms with Crippen molar-refractivity contribution in [3.8, 4) is 10.4 Å². The molecule has 7 heteroatoms. The van der Waals surface area contributed by atoms with Gasteiger partial charge < -0.3 is 14.7 Å². The first-order chi connectivity index (χ1) is 12.1. The molecule has 3 N–H and O–H groups in total. The SMILES string of the molecule is Cc1ccc(-c2csc3nc(C[NH2+][C@H](C)c4ccco4)[nH]c(=O)c23)s1. The lowest BCUT2D eigenvalue weighted by atomic mass is 10.2. The van der Waals surface area contributed by atoms with E-state index < -0.39 is 0 Å². The summed E-state index contributed by atoms with van der Waals surface area (Å²) in [5, 5.41) is 4.81. The van der Waals surface area contributed by atoms with E-state index in [1.54, 1.807) is 17.6 Å². The van der Waals surface area contributed by atoms with Gasteiger partial charge in [0, 0.05) is 20.7 Å². The van der Waals surface area contributed by atoms with E-state index in [0.29, 0.717) is 17.8 Å². The topological polar surface area (TPSA) is 75.5 Å². The smallest absolute Gasteiger partial charge is 0.260 e. The maximum atomic E-state index is 12.6. The lowest BCUT2D eigenvalue weighted by molar-refractivity contribution is -0.710. The van der Waals surface area contributed by atoms with Gasteiger partial charge in [-0.25, -0.2) is 4.98 Å². The minimum atomic E-state index is -0.0682. The molecule has 0 aliphatic carbocycles. The van der Waals surface area contributed by atoms with Gasteiger partial charge in [0.15, 0.2) is 11.6 Å². The third-order valence-electron chi connectivity index (χ3n) is 4.16. The van der Waals surface area contributed by atoms with Gasteiger partial charge in [-0.05, 0) is 38.1 Å². The molecule has 0 aliphatic heterocycles. The summed E-state index contributed by atoms with van der Waals surface area (Å²) in [6.45, 7) is 4.73. The Morgan fingerprint density at radius 1 is 1.36 bits per heavy atom. The van der Waals surface area contributed by atoms with Gasteiger partial charge in [0.1, 0.15) is 17.4 Å². The zero-order chi connectivity index (χ0) is 17.4. The van der Waals surface area contributed by atoms with Crippen LogP contribution in [-0.4, -0.2) is 9.97 Å². The fourth-order valence-electron chi connectivity index (χ4n) is 2.81. The zero-order valence-electron chi connectivity index (χ0n) is 13.9. The van der Waals surface area contributed by atoms with Crippen LogP contribution < -0.4 is 10.9 Å². The molecule has 5 nitrogen and oxygen atoms in total. The normalized spacial score (nSPS) is 12.7. The Bertz CT molecular complexity index is 1060. The van der Waals surface area contributed by atoms with Crippen molar-refractivity contribution in [1.29, 1.82) is 0 Å². The first kappa shape index (κ1) is 16.3. The predicted molar refractivity (Wildman–Crippen MR) is 101 cm³/mol. The number of nitrogens with one attached hydrogen (secondary N) is 1. The molecule has 0 radical (unpaired) electrons. The maximum absolute atomic E-state index is 12.6. The molecule has 0 unspecified atom stereocenters. The van der Waals surface area contributed by atoms with Crippen molar-refractivity contribution >= 4 is 32.9 Å². The van der Waals surface area contributed by atoms with Crippen LogP contribution in [0.15, 0.2) is 45.1 Å². The van der Waals surface area contributed by atoms with Gasteiger partial charge in [0.25, 0.3) is 5.56 Å². The Hall–Kier alpha value is -2.22. The largest absolute Gasteiger partial charge is 0.463 e. The Morgan fingerprint density at radius 3 is 2.96 bits per heavy atom. The van der Waals surface area contributed by atoms with Crippen LogP contribution in [0.25, 0.3) is 20.7 Å².